The molecule has 0 radical (unpaired) electrons. The highest BCUT2D eigenvalue weighted by molar-refractivity contribution is 6.39. The van der Waals surface area contributed by atoms with Crippen LogP contribution in [-0.2, 0) is 0 Å². The van der Waals surface area contributed by atoms with Gasteiger partial charge in [-0.3, -0.25) is 0 Å². The first-order chi connectivity index (χ1) is 8.00. The van der Waals surface area contributed by atoms with E-state index in [1.54, 1.807) is 6.07 Å². The molecule has 17 heavy (non-hydrogen) atoms. The zero-order valence-corrected chi connectivity index (χ0v) is 9.79. The average molecular weight is 277 g/mol. The predicted molar refractivity (Wildman–Crippen MR) is 61.8 cm³/mol. The van der Waals surface area contributed by atoms with Gasteiger partial charge in [-0.05, 0) is 18.2 Å². The van der Waals surface area contributed by atoms with Crippen molar-refractivity contribution in [1.29, 1.82) is 0 Å². The van der Waals surface area contributed by atoms with Crippen molar-refractivity contribution in [2.24, 2.45) is 0 Å². The molecule has 2 rings (SSSR count). The molecule has 0 nitrogen and oxygen atoms in total. The molecule has 0 atom stereocenters. The highest BCUT2D eigenvalue weighted by atomic mass is 35.5. The van der Waals surface area contributed by atoms with Gasteiger partial charge in [-0.15, -0.1) is 0 Å². The Kier molecular flexibility index (Phi) is 3.31. The fraction of sp³-hybridized carbons (Fsp3) is 0. The van der Waals surface area contributed by atoms with Crippen LogP contribution in [0.2, 0.25) is 10.0 Å². The van der Waals surface area contributed by atoms with Gasteiger partial charge in [-0.2, -0.15) is 0 Å². The second-order valence-electron chi connectivity index (χ2n) is 3.35. The van der Waals surface area contributed by atoms with Crippen molar-refractivity contribution < 1.29 is 13.2 Å². The van der Waals surface area contributed by atoms with E-state index in [0.29, 0.717) is 6.07 Å². The van der Waals surface area contributed by atoms with E-state index in [4.69, 9.17) is 23.2 Å². The predicted octanol–water partition coefficient (Wildman–Crippen LogP) is 5.08. The molecule has 0 saturated heterocycles. The maximum absolute atomic E-state index is 13.6. The largest absolute Gasteiger partial charge is 0.207 e. The normalized spacial score (nSPS) is 10.6. The van der Waals surface area contributed by atoms with Crippen LogP contribution in [0.3, 0.4) is 0 Å². The fourth-order valence-corrected chi connectivity index (χ4v) is 2.09. The molecule has 0 aliphatic heterocycles. The summed E-state index contributed by atoms with van der Waals surface area (Å²) in [4.78, 5) is 0. The quantitative estimate of drug-likeness (QED) is 0.638. The van der Waals surface area contributed by atoms with E-state index < -0.39 is 17.5 Å². The third-order valence-corrected chi connectivity index (χ3v) is 2.86. The van der Waals surface area contributed by atoms with Crippen LogP contribution in [0, 0.1) is 17.5 Å². The van der Waals surface area contributed by atoms with Crippen molar-refractivity contribution in [1.82, 2.24) is 0 Å². The molecule has 0 bridgehead atoms. The molecule has 0 aliphatic rings. The number of hydrogen-bond donors (Lipinski definition) is 0. The molecule has 5 heteroatoms. The molecule has 0 unspecified atom stereocenters. The number of halogens is 5. The Hall–Kier alpha value is -1.19. The van der Waals surface area contributed by atoms with Crippen molar-refractivity contribution in [3.8, 4) is 11.1 Å². The molecule has 0 spiro atoms. The lowest BCUT2D eigenvalue weighted by Crippen LogP contribution is -1.93. The van der Waals surface area contributed by atoms with Gasteiger partial charge in [0.2, 0.25) is 0 Å². The summed E-state index contributed by atoms with van der Waals surface area (Å²) in [6.45, 7) is 0. The summed E-state index contributed by atoms with van der Waals surface area (Å²) in [7, 11) is 0. The number of benzene rings is 2. The van der Waals surface area contributed by atoms with Gasteiger partial charge in [-0.25, -0.2) is 13.2 Å². The Balaban J connectivity index is 2.77. The van der Waals surface area contributed by atoms with Gasteiger partial charge in [0.05, 0.1) is 0 Å². The molecule has 88 valence electrons. The van der Waals surface area contributed by atoms with E-state index in [9.17, 15) is 13.2 Å². The van der Waals surface area contributed by atoms with Crippen molar-refractivity contribution in [2.75, 3.05) is 0 Å². The zero-order valence-electron chi connectivity index (χ0n) is 8.28. The van der Waals surface area contributed by atoms with E-state index in [-0.39, 0.29) is 21.2 Å². The van der Waals surface area contributed by atoms with Crippen LogP contribution in [-0.4, -0.2) is 0 Å². The number of hydrogen-bond acceptors (Lipinski definition) is 0. The van der Waals surface area contributed by atoms with E-state index in [1.807, 2.05) is 0 Å². The van der Waals surface area contributed by atoms with Crippen LogP contribution < -0.4 is 0 Å². The monoisotopic (exact) mass is 276 g/mol. The van der Waals surface area contributed by atoms with E-state index in [2.05, 4.69) is 0 Å². The highest BCUT2D eigenvalue weighted by Gasteiger charge is 2.17. The van der Waals surface area contributed by atoms with Gasteiger partial charge in [0.1, 0.15) is 5.82 Å². The maximum Gasteiger partial charge on any atom is 0.166 e. The van der Waals surface area contributed by atoms with Crippen LogP contribution in [0.25, 0.3) is 11.1 Å². The molecule has 0 heterocycles. The Bertz CT molecular complexity index is 562. The van der Waals surface area contributed by atoms with E-state index in [0.717, 1.165) is 6.07 Å². The van der Waals surface area contributed by atoms with Crippen molar-refractivity contribution >= 4 is 23.2 Å². The molecule has 0 fully saturated rings. The average Bonchev–Trinajstić information content (AvgIpc) is 2.24. The fourth-order valence-electron chi connectivity index (χ4n) is 1.49. The van der Waals surface area contributed by atoms with Gasteiger partial charge in [-0.1, -0.05) is 29.3 Å². The highest BCUT2D eigenvalue weighted by Crippen LogP contribution is 2.36. The molecular formula is C12H5Cl2F3. The van der Waals surface area contributed by atoms with Crippen LogP contribution in [0.1, 0.15) is 0 Å². The Morgan fingerprint density at radius 1 is 0.882 bits per heavy atom. The van der Waals surface area contributed by atoms with Crippen LogP contribution >= 0.6 is 23.2 Å². The second-order valence-corrected chi connectivity index (χ2v) is 4.16. The molecule has 0 aliphatic carbocycles. The minimum Gasteiger partial charge on any atom is -0.207 e. The lowest BCUT2D eigenvalue weighted by atomic mass is 10.0. The first-order valence-corrected chi connectivity index (χ1v) is 5.35. The van der Waals surface area contributed by atoms with Crippen molar-refractivity contribution in [2.45, 2.75) is 0 Å². The molecule has 0 amide bonds. The van der Waals surface area contributed by atoms with Crippen LogP contribution in [0.4, 0.5) is 13.2 Å². The summed E-state index contributed by atoms with van der Waals surface area (Å²) < 4.78 is 39.7. The summed E-state index contributed by atoms with van der Waals surface area (Å²) in [6, 6.07) is 5.80. The lowest BCUT2D eigenvalue weighted by molar-refractivity contribution is 0.497. The lowest BCUT2D eigenvalue weighted by Gasteiger charge is -2.08. The van der Waals surface area contributed by atoms with Crippen molar-refractivity contribution in [3.05, 3.63) is 57.8 Å². The van der Waals surface area contributed by atoms with Crippen LogP contribution in [0.5, 0.6) is 0 Å². The van der Waals surface area contributed by atoms with Gasteiger partial charge in [0, 0.05) is 27.2 Å². The molecule has 2 aromatic carbocycles. The topological polar surface area (TPSA) is 0 Å². The third-order valence-electron chi connectivity index (χ3n) is 2.23. The molecular weight excluding hydrogens is 272 g/mol. The molecule has 0 aromatic heterocycles. The van der Waals surface area contributed by atoms with Gasteiger partial charge >= 0.3 is 0 Å². The van der Waals surface area contributed by atoms with Crippen molar-refractivity contribution in [3.63, 3.8) is 0 Å². The molecule has 2 aromatic rings. The number of rotatable bonds is 1. The van der Waals surface area contributed by atoms with Crippen LogP contribution in [0.15, 0.2) is 30.3 Å². The maximum atomic E-state index is 13.6. The van der Waals surface area contributed by atoms with Gasteiger partial charge in [0.15, 0.2) is 11.6 Å². The van der Waals surface area contributed by atoms with Gasteiger partial charge < -0.3 is 0 Å². The summed E-state index contributed by atoms with van der Waals surface area (Å²) in [5.74, 6) is -3.35. The minimum absolute atomic E-state index is 0.0757. The zero-order chi connectivity index (χ0) is 12.6. The Morgan fingerprint density at radius 3 is 2.06 bits per heavy atom. The standard InChI is InChI=1S/C12H5Cl2F3/c13-8-2-1-3-9(14)11(8)7-4-6(15)5-10(16)12(7)17/h1-5H. The SMILES string of the molecule is Fc1cc(F)c(F)c(-c2c(Cl)cccc2Cl)c1. The summed E-state index contributed by atoms with van der Waals surface area (Å²) in [5, 5.41) is 0.253. The van der Waals surface area contributed by atoms with E-state index in [1.165, 1.54) is 12.1 Å². The molecule has 0 saturated carbocycles. The summed E-state index contributed by atoms with van der Waals surface area (Å²) >= 11 is 11.7. The Morgan fingerprint density at radius 2 is 1.47 bits per heavy atom. The molecule has 0 N–H and O–H groups in total. The Labute approximate surface area is 106 Å². The smallest absolute Gasteiger partial charge is 0.166 e. The summed E-state index contributed by atoms with van der Waals surface area (Å²) in [5.41, 5.74) is -0.218. The van der Waals surface area contributed by atoms with Gasteiger partial charge in [0.25, 0.3) is 0 Å². The third kappa shape index (κ3) is 2.26. The summed E-state index contributed by atoms with van der Waals surface area (Å²) in [6.07, 6.45) is 0. The first-order valence-electron chi connectivity index (χ1n) is 4.59. The minimum atomic E-state index is -1.28. The van der Waals surface area contributed by atoms with E-state index >= 15 is 0 Å². The first kappa shape index (κ1) is 12.3. The second kappa shape index (κ2) is 4.59.